The van der Waals surface area contributed by atoms with Crippen molar-refractivity contribution in [2.45, 2.75) is 37.4 Å². The van der Waals surface area contributed by atoms with E-state index >= 15 is 0 Å². The fraction of sp³-hybridized carbons (Fsp3) is 1.00. The van der Waals surface area contributed by atoms with Crippen molar-refractivity contribution in [3.05, 3.63) is 0 Å². The summed E-state index contributed by atoms with van der Waals surface area (Å²) >= 11 is -3.65. The van der Waals surface area contributed by atoms with Crippen LogP contribution in [0, 0.1) is 0 Å². The van der Waals surface area contributed by atoms with E-state index in [4.69, 9.17) is 0 Å². The summed E-state index contributed by atoms with van der Waals surface area (Å²) in [6, 6.07) is 0. The van der Waals surface area contributed by atoms with Gasteiger partial charge < -0.3 is 4.55 Å². The van der Waals surface area contributed by atoms with Crippen molar-refractivity contribution in [2.75, 3.05) is 13.2 Å². The maximum absolute atomic E-state index is 13.3. The summed E-state index contributed by atoms with van der Waals surface area (Å²) in [6.07, 6.45) is 0. The SMILES string of the molecule is C[Si](C)(C)OS(=O)(=O)OCC(F)(F)C(F)(F)C(F)(F)COS(=O)[O-]. The van der Waals surface area contributed by atoms with Crippen molar-refractivity contribution in [1.82, 2.24) is 0 Å². The summed E-state index contributed by atoms with van der Waals surface area (Å²) in [5.41, 5.74) is 0. The van der Waals surface area contributed by atoms with Crippen LogP contribution in [0.3, 0.4) is 0 Å². The molecule has 0 amide bonds. The predicted molar refractivity (Wildman–Crippen MR) is 69.0 cm³/mol. The van der Waals surface area contributed by atoms with Crippen molar-refractivity contribution in [2.24, 2.45) is 0 Å². The second-order valence-corrected chi connectivity index (χ2v) is 11.9. The molecule has 0 saturated carbocycles. The molecule has 0 radical (unpaired) electrons. The Hall–Kier alpha value is -0.263. The zero-order valence-electron chi connectivity index (χ0n) is 12.4. The summed E-state index contributed by atoms with van der Waals surface area (Å²) in [5.74, 6) is -17.5. The molecule has 0 aromatic carbocycles. The minimum Gasteiger partial charge on any atom is -0.750 e. The average molecular weight is 427 g/mol. The molecule has 0 bridgehead atoms. The highest BCUT2D eigenvalue weighted by molar-refractivity contribution is 7.83. The summed E-state index contributed by atoms with van der Waals surface area (Å²) in [7, 11) is -8.01. The van der Waals surface area contributed by atoms with Crippen molar-refractivity contribution < 1.29 is 55.8 Å². The third-order valence-electron chi connectivity index (χ3n) is 1.99. The fourth-order valence-corrected chi connectivity index (χ4v) is 4.23. The van der Waals surface area contributed by atoms with Gasteiger partial charge in [-0.3, -0.25) is 8.06 Å². The molecule has 0 N–H and O–H groups in total. The highest BCUT2D eigenvalue weighted by Gasteiger charge is 2.72. The van der Waals surface area contributed by atoms with Crippen LogP contribution < -0.4 is 0 Å². The van der Waals surface area contributed by atoms with Gasteiger partial charge in [0.2, 0.25) is 8.32 Å². The van der Waals surface area contributed by atoms with Gasteiger partial charge in [0, 0.05) is 0 Å². The molecular weight excluding hydrogens is 414 g/mol. The molecule has 1 atom stereocenters. The van der Waals surface area contributed by atoms with Crippen LogP contribution in [-0.2, 0) is 34.0 Å². The van der Waals surface area contributed by atoms with Crippen molar-refractivity contribution >= 4 is 30.1 Å². The standard InChI is InChI=1S/C8H14F6O7S2Si/c1-24(2,3)21-23(17,18)20-5-7(11,12)8(13,14)6(9,10)4-19-22(15)16/h4-5H2,1-3H3,(H,15,16)/p-1. The van der Waals surface area contributed by atoms with Gasteiger partial charge in [0.1, 0.15) is 13.2 Å². The van der Waals surface area contributed by atoms with Gasteiger partial charge in [-0.05, 0) is 19.6 Å². The van der Waals surface area contributed by atoms with Crippen LogP contribution in [0.4, 0.5) is 26.3 Å². The molecule has 0 aliphatic rings. The summed E-state index contributed by atoms with van der Waals surface area (Å²) < 4.78 is 133. The number of rotatable bonds is 10. The quantitative estimate of drug-likeness (QED) is 0.298. The van der Waals surface area contributed by atoms with E-state index in [1.807, 2.05) is 0 Å². The molecule has 0 saturated heterocycles. The minimum atomic E-state index is -6.17. The molecule has 16 heteroatoms. The number of hydrogen-bond acceptors (Lipinski definition) is 7. The molecule has 1 unspecified atom stereocenters. The Bertz CT molecular complexity index is 562. The van der Waals surface area contributed by atoms with Gasteiger partial charge in [0.05, 0.1) is 11.4 Å². The predicted octanol–water partition coefficient (Wildman–Crippen LogP) is 1.82. The third kappa shape index (κ3) is 6.93. The maximum Gasteiger partial charge on any atom is 0.390 e. The topological polar surface area (TPSA) is 102 Å². The molecule has 24 heavy (non-hydrogen) atoms. The lowest BCUT2D eigenvalue weighted by atomic mass is 10.1. The van der Waals surface area contributed by atoms with E-state index in [9.17, 15) is 43.5 Å². The number of hydrogen-bond donors (Lipinski definition) is 0. The second kappa shape index (κ2) is 7.54. The van der Waals surface area contributed by atoms with Crippen LogP contribution in [0.2, 0.25) is 19.6 Å². The van der Waals surface area contributed by atoms with Gasteiger partial charge in [-0.15, -0.1) is 0 Å². The van der Waals surface area contributed by atoms with E-state index in [0.29, 0.717) is 0 Å². The first-order valence-electron chi connectivity index (χ1n) is 5.79. The number of halogens is 6. The van der Waals surface area contributed by atoms with Crippen molar-refractivity contribution in [1.29, 1.82) is 0 Å². The average Bonchev–Trinajstić information content (AvgIpc) is 2.31. The monoisotopic (exact) mass is 427 g/mol. The van der Waals surface area contributed by atoms with E-state index in [-0.39, 0.29) is 0 Å². The molecule has 0 spiro atoms. The van der Waals surface area contributed by atoms with Crippen LogP contribution in [0.15, 0.2) is 0 Å². The zero-order valence-corrected chi connectivity index (χ0v) is 15.0. The zero-order chi connectivity index (χ0) is 19.6. The molecule has 0 aromatic heterocycles. The Morgan fingerprint density at radius 3 is 1.79 bits per heavy atom. The van der Waals surface area contributed by atoms with Crippen molar-refractivity contribution in [3.63, 3.8) is 0 Å². The van der Waals surface area contributed by atoms with E-state index in [1.165, 1.54) is 19.6 Å². The second-order valence-electron chi connectivity index (χ2n) is 5.32. The van der Waals surface area contributed by atoms with E-state index < -0.39 is 61.1 Å². The highest BCUT2D eigenvalue weighted by Crippen LogP contribution is 2.46. The van der Waals surface area contributed by atoms with Gasteiger partial charge in [-0.2, -0.15) is 34.8 Å². The summed E-state index contributed by atoms with van der Waals surface area (Å²) in [4.78, 5) is 0. The van der Waals surface area contributed by atoms with E-state index in [1.54, 1.807) is 0 Å². The molecule has 0 aliphatic carbocycles. The lowest BCUT2D eigenvalue weighted by Gasteiger charge is -2.32. The van der Waals surface area contributed by atoms with Crippen LogP contribution in [0.25, 0.3) is 0 Å². The van der Waals surface area contributed by atoms with Crippen LogP contribution in [0.5, 0.6) is 0 Å². The Balaban J connectivity index is 5.18. The minimum absolute atomic E-state index is 1.30. The molecular formula is C8H13F6O7S2Si-. The number of alkyl halides is 6. The molecule has 0 heterocycles. The normalized spacial score (nSPS) is 16.2. The molecule has 146 valence electrons. The molecule has 0 aromatic rings. The Morgan fingerprint density at radius 2 is 1.42 bits per heavy atom. The van der Waals surface area contributed by atoms with Crippen LogP contribution in [0.1, 0.15) is 0 Å². The van der Waals surface area contributed by atoms with Gasteiger partial charge in [-0.25, -0.2) is 8.39 Å². The summed E-state index contributed by atoms with van der Waals surface area (Å²) in [6.45, 7) is -1.33. The van der Waals surface area contributed by atoms with Crippen molar-refractivity contribution in [3.8, 4) is 0 Å². The Morgan fingerprint density at radius 1 is 1.00 bits per heavy atom. The Kier molecular flexibility index (Phi) is 7.46. The van der Waals surface area contributed by atoms with Gasteiger partial charge >= 0.3 is 28.2 Å². The van der Waals surface area contributed by atoms with Gasteiger partial charge in [-0.1, -0.05) is 0 Å². The first kappa shape index (κ1) is 23.7. The first-order valence-corrected chi connectivity index (χ1v) is 11.5. The summed E-state index contributed by atoms with van der Waals surface area (Å²) in [5, 5.41) is 0. The maximum atomic E-state index is 13.3. The Labute approximate surface area is 137 Å². The smallest absolute Gasteiger partial charge is 0.390 e. The molecule has 0 aliphatic heterocycles. The molecule has 0 rings (SSSR count). The fourth-order valence-electron chi connectivity index (χ4n) is 1.05. The van der Waals surface area contributed by atoms with Crippen LogP contribution in [-0.4, -0.2) is 56.5 Å². The van der Waals surface area contributed by atoms with Gasteiger partial charge in [0.25, 0.3) is 0 Å². The highest BCUT2D eigenvalue weighted by atomic mass is 32.3. The molecule has 0 fully saturated rings. The lowest BCUT2D eigenvalue weighted by Crippen LogP contribution is -2.58. The van der Waals surface area contributed by atoms with Crippen LogP contribution >= 0.6 is 0 Å². The largest absolute Gasteiger partial charge is 0.750 e. The first-order chi connectivity index (χ1) is 10.3. The third-order valence-corrected chi connectivity index (χ3v) is 5.53. The van der Waals surface area contributed by atoms with E-state index in [2.05, 4.69) is 12.2 Å². The van der Waals surface area contributed by atoms with E-state index in [0.717, 1.165) is 0 Å². The lowest BCUT2D eigenvalue weighted by molar-refractivity contribution is -0.319. The molecule has 7 nitrogen and oxygen atoms in total. The van der Waals surface area contributed by atoms with Gasteiger partial charge in [0.15, 0.2) is 0 Å².